The van der Waals surface area contributed by atoms with E-state index in [-0.39, 0.29) is 6.10 Å². The third kappa shape index (κ3) is 4.38. The van der Waals surface area contributed by atoms with Gasteiger partial charge in [-0.15, -0.1) is 0 Å². The zero-order valence-corrected chi connectivity index (χ0v) is 15.7. The van der Waals surface area contributed by atoms with Gasteiger partial charge in [-0.2, -0.15) is 0 Å². The average Bonchev–Trinajstić information content (AvgIpc) is 3.48. The van der Waals surface area contributed by atoms with Gasteiger partial charge in [0.05, 0.1) is 6.10 Å². The second-order valence-corrected chi connectivity index (χ2v) is 8.66. The molecule has 3 fully saturated rings. The molecule has 1 aliphatic heterocycles. The van der Waals surface area contributed by atoms with Crippen molar-refractivity contribution in [2.45, 2.75) is 76.5 Å². The summed E-state index contributed by atoms with van der Waals surface area (Å²) in [6.07, 6.45) is 10.3. The van der Waals surface area contributed by atoms with E-state index in [1.54, 1.807) is 0 Å². The number of piperidine rings is 1. The highest BCUT2D eigenvalue weighted by Gasteiger charge is 2.34. The lowest BCUT2D eigenvalue weighted by Crippen LogP contribution is -2.36. The summed E-state index contributed by atoms with van der Waals surface area (Å²) in [5.41, 5.74) is 2.70. The highest BCUT2D eigenvalue weighted by molar-refractivity contribution is 5.48. The number of aliphatic hydroxyl groups excluding tert-OH is 1. The summed E-state index contributed by atoms with van der Waals surface area (Å²) in [4.78, 5) is 2.40. The fraction of sp³-hybridized carbons (Fsp3) is 0.727. The van der Waals surface area contributed by atoms with Crippen molar-refractivity contribution in [1.82, 2.24) is 5.32 Å². The third-order valence-corrected chi connectivity index (χ3v) is 6.71. The summed E-state index contributed by atoms with van der Waals surface area (Å²) in [5.74, 6) is 2.05. The zero-order valence-electron chi connectivity index (χ0n) is 15.7. The summed E-state index contributed by atoms with van der Waals surface area (Å²) in [7, 11) is 0. The topological polar surface area (TPSA) is 35.5 Å². The Hall–Kier alpha value is -1.06. The van der Waals surface area contributed by atoms with Gasteiger partial charge in [-0.05, 0) is 75.0 Å². The molecular weight excluding hydrogens is 308 g/mol. The second kappa shape index (κ2) is 7.67. The minimum Gasteiger partial charge on any atom is -0.393 e. The summed E-state index contributed by atoms with van der Waals surface area (Å²) >= 11 is 0. The van der Waals surface area contributed by atoms with Crippen LogP contribution in [0.3, 0.4) is 0 Å². The highest BCUT2D eigenvalue weighted by Crippen LogP contribution is 2.44. The molecule has 2 saturated carbocycles. The zero-order chi connectivity index (χ0) is 17.2. The van der Waals surface area contributed by atoms with Crippen LogP contribution in [0.1, 0.15) is 69.9 Å². The molecule has 0 aromatic heterocycles. The molecule has 3 nitrogen and oxygen atoms in total. The van der Waals surface area contributed by atoms with Crippen LogP contribution in [-0.2, 0) is 0 Å². The Labute approximate surface area is 152 Å². The molecule has 3 atom stereocenters. The predicted molar refractivity (Wildman–Crippen MR) is 104 cm³/mol. The summed E-state index contributed by atoms with van der Waals surface area (Å²) in [6.45, 7) is 4.25. The lowest BCUT2D eigenvalue weighted by atomic mass is 9.82. The van der Waals surface area contributed by atoms with E-state index in [1.165, 1.54) is 49.8 Å². The Bertz CT molecular complexity index is 546. The Kier molecular flexibility index (Phi) is 5.33. The molecule has 2 aliphatic carbocycles. The van der Waals surface area contributed by atoms with E-state index >= 15 is 0 Å². The standard InChI is InChI=1S/C22H34N2O/c1-16(23-20-4-2-3-19(15-20)18-5-6-18)17-7-9-21(10-8-17)24-13-11-22(25)12-14-24/h7-10,16,18-20,22-23,25H,2-6,11-15H2,1H3. The number of aliphatic hydroxyl groups is 1. The van der Waals surface area contributed by atoms with Crippen molar-refractivity contribution in [3.8, 4) is 0 Å². The van der Waals surface area contributed by atoms with Crippen LogP contribution in [0.15, 0.2) is 24.3 Å². The summed E-state index contributed by atoms with van der Waals surface area (Å²) in [6, 6.07) is 10.2. The molecule has 25 heavy (non-hydrogen) atoms. The van der Waals surface area contributed by atoms with E-state index in [2.05, 4.69) is 41.4 Å². The molecule has 3 unspecified atom stereocenters. The van der Waals surface area contributed by atoms with Crippen LogP contribution >= 0.6 is 0 Å². The SMILES string of the molecule is CC(NC1CCCC(C2CC2)C1)c1ccc(N2CCC(O)CC2)cc1. The lowest BCUT2D eigenvalue weighted by Gasteiger charge is -2.33. The summed E-state index contributed by atoms with van der Waals surface area (Å²) < 4.78 is 0. The van der Waals surface area contributed by atoms with Crippen LogP contribution < -0.4 is 10.2 Å². The molecule has 4 rings (SSSR count). The number of benzene rings is 1. The fourth-order valence-electron chi connectivity index (χ4n) is 4.92. The largest absolute Gasteiger partial charge is 0.393 e. The van der Waals surface area contributed by atoms with Gasteiger partial charge in [0, 0.05) is 30.9 Å². The van der Waals surface area contributed by atoms with Crippen LogP contribution in [0.2, 0.25) is 0 Å². The second-order valence-electron chi connectivity index (χ2n) is 8.66. The van der Waals surface area contributed by atoms with Crippen molar-refractivity contribution in [1.29, 1.82) is 0 Å². The maximum Gasteiger partial charge on any atom is 0.0574 e. The van der Waals surface area contributed by atoms with Gasteiger partial charge in [0.1, 0.15) is 0 Å². The van der Waals surface area contributed by atoms with Gasteiger partial charge >= 0.3 is 0 Å². The molecule has 2 N–H and O–H groups in total. The number of hydrogen-bond donors (Lipinski definition) is 2. The molecule has 1 aromatic carbocycles. The molecule has 0 amide bonds. The molecule has 3 aliphatic rings. The van der Waals surface area contributed by atoms with Crippen molar-refractivity contribution < 1.29 is 5.11 Å². The molecule has 3 heteroatoms. The molecule has 0 bridgehead atoms. The molecule has 138 valence electrons. The maximum atomic E-state index is 9.67. The number of rotatable bonds is 5. The minimum atomic E-state index is -0.102. The average molecular weight is 343 g/mol. The molecule has 0 spiro atoms. The van der Waals surface area contributed by atoms with Crippen molar-refractivity contribution in [3.05, 3.63) is 29.8 Å². The number of anilines is 1. The van der Waals surface area contributed by atoms with Gasteiger partial charge in [-0.1, -0.05) is 25.0 Å². The monoisotopic (exact) mass is 342 g/mol. The molecular formula is C22H34N2O. The first-order valence-corrected chi connectivity index (χ1v) is 10.5. The van der Waals surface area contributed by atoms with Gasteiger partial charge in [-0.3, -0.25) is 0 Å². The van der Waals surface area contributed by atoms with E-state index in [0.29, 0.717) is 12.1 Å². The third-order valence-electron chi connectivity index (χ3n) is 6.71. The normalized spacial score (nSPS) is 29.6. The lowest BCUT2D eigenvalue weighted by molar-refractivity contribution is 0.145. The van der Waals surface area contributed by atoms with E-state index in [9.17, 15) is 5.11 Å². The Balaban J connectivity index is 1.31. The predicted octanol–water partition coefficient (Wildman–Crippen LogP) is 4.27. The number of hydrogen-bond acceptors (Lipinski definition) is 3. The Morgan fingerprint density at radius 2 is 1.68 bits per heavy atom. The van der Waals surface area contributed by atoms with Crippen LogP contribution in [0.4, 0.5) is 5.69 Å². The first-order chi connectivity index (χ1) is 12.2. The van der Waals surface area contributed by atoms with Gasteiger partial charge in [-0.25, -0.2) is 0 Å². The minimum absolute atomic E-state index is 0.102. The highest BCUT2D eigenvalue weighted by atomic mass is 16.3. The molecule has 1 heterocycles. The molecule has 0 radical (unpaired) electrons. The number of nitrogens with one attached hydrogen (secondary N) is 1. The van der Waals surface area contributed by atoms with Crippen molar-refractivity contribution in [2.75, 3.05) is 18.0 Å². The fourth-order valence-corrected chi connectivity index (χ4v) is 4.92. The smallest absolute Gasteiger partial charge is 0.0574 e. The first kappa shape index (κ1) is 17.4. The maximum absolute atomic E-state index is 9.67. The van der Waals surface area contributed by atoms with Crippen LogP contribution in [0.25, 0.3) is 0 Å². The van der Waals surface area contributed by atoms with E-state index in [4.69, 9.17) is 0 Å². The van der Waals surface area contributed by atoms with Gasteiger partial charge in [0.2, 0.25) is 0 Å². The van der Waals surface area contributed by atoms with Crippen LogP contribution in [-0.4, -0.2) is 30.3 Å². The van der Waals surface area contributed by atoms with Crippen LogP contribution in [0.5, 0.6) is 0 Å². The number of nitrogens with zero attached hydrogens (tertiary/aromatic N) is 1. The Morgan fingerprint density at radius 1 is 0.960 bits per heavy atom. The van der Waals surface area contributed by atoms with Crippen LogP contribution in [0, 0.1) is 11.8 Å². The van der Waals surface area contributed by atoms with Gasteiger partial charge in [0.25, 0.3) is 0 Å². The van der Waals surface area contributed by atoms with E-state index < -0.39 is 0 Å². The first-order valence-electron chi connectivity index (χ1n) is 10.5. The van der Waals surface area contributed by atoms with Crippen molar-refractivity contribution >= 4 is 5.69 Å². The Morgan fingerprint density at radius 3 is 2.36 bits per heavy atom. The van der Waals surface area contributed by atoms with Crippen molar-refractivity contribution in [3.63, 3.8) is 0 Å². The van der Waals surface area contributed by atoms with E-state index in [0.717, 1.165) is 37.8 Å². The quantitative estimate of drug-likeness (QED) is 0.839. The molecule has 1 aromatic rings. The van der Waals surface area contributed by atoms with Gasteiger partial charge in [0.15, 0.2) is 0 Å². The van der Waals surface area contributed by atoms with Gasteiger partial charge < -0.3 is 15.3 Å². The van der Waals surface area contributed by atoms with Crippen molar-refractivity contribution in [2.24, 2.45) is 11.8 Å². The van der Waals surface area contributed by atoms with E-state index in [1.807, 2.05) is 0 Å². The summed E-state index contributed by atoms with van der Waals surface area (Å²) in [5, 5.41) is 13.6. The molecule has 1 saturated heterocycles.